The van der Waals surface area contributed by atoms with E-state index in [1.54, 1.807) is 18.2 Å². The van der Waals surface area contributed by atoms with Gasteiger partial charge in [-0.15, -0.1) is 0 Å². The molecule has 1 heterocycles. The standard InChI is InChI=1S/C19H15ClF2O5/c1-24-17-9-11(8-13(20)18(17)27-19(21)22)2-4-14(23)12-3-5-15-16(10-12)26-7-6-25-15/h2-5,8-10,19H,6-7H2,1H3. The zero-order valence-electron chi connectivity index (χ0n) is 14.2. The Morgan fingerprint density at radius 1 is 1.19 bits per heavy atom. The van der Waals surface area contributed by atoms with Crippen molar-refractivity contribution in [3.05, 3.63) is 52.6 Å². The zero-order valence-corrected chi connectivity index (χ0v) is 15.0. The number of carbonyl (C=O) groups is 1. The van der Waals surface area contributed by atoms with Crippen LogP contribution >= 0.6 is 11.6 Å². The van der Waals surface area contributed by atoms with E-state index >= 15 is 0 Å². The summed E-state index contributed by atoms with van der Waals surface area (Å²) >= 11 is 5.98. The highest BCUT2D eigenvalue weighted by Crippen LogP contribution is 2.38. The highest BCUT2D eigenvalue weighted by atomic mass is 35.5. The smallest absolute Gasteiger partial charge is 0.387 e. The van der Waals surface area contributed by atoms with Crippen LogP contribution in [0.3, 0.4) is 0 Å². The quantitative estimate of drug-likeness (QED) is 0.527. The van der Waals surface area contributed by atoms with Crippen LogP contribution in [0.2, 0.25) is 5.02 Å². The van der Waals surface area contributed by atoms with Crippen LogP contribution in [0.4, 0.5) is 8.78 Å². The van der Waals surface area contributed by atoms with E-state index in [2.05, 4.69) is 4.74 Å². The van der Waals surface area contributed by atoms with Gasteiger partial charge in [0, 0.05) is 5.56 Å². The lowest BCUT2D eigenvalue weighted by molar-refractivity contribution is -0.0511. The first-order chi connectivity index (χ1) is 13.0. The third-order valence-corrected chi connectivity index (χ3v) is 3.99. The lowest BCUT2D eigenvalue weighted by atomic mass is 10.1. The van der Waals surface area contributed by atoms with Crippen LogP contribution in [0.5, 0.6) is 23.0 Å². The Balaban J connectivity index is 1.81. The van der Waals surface area contributed by atoms with Crippen molar-refractivity contribution < 1.29 is 32.5 Å². The van der Waals surface area contributed by atoms with Crippen molar-refractivity contribution in [3.63, 3.8) is 0 Å². The molecule has 0 radical (unpaired) electrons. The molecule has 0 fully saturated rings. The van der Waals surface area contributed by atoms with Crippen molar-refractivity contribution in [1.82, 2.24) is 0 Å². The average Bonchev–Trinajstić information content (AvgIpc) is 2.67. The van der Waals surface area contributed by atoms with Gasteiger partial charge in [-0.2, -0.15) is 8.78 Å². The summed E-state index contributed by atoms with van der Waals surface area (Å²) in [5, 5.41) is -0.0546. The lowest BCUT2D eigenvalue weighted by Gasteiger charge is -2.18. The SMILES string of the molecule is COc1cc(C=CC(=O)c2ccc3c(c2)OCCO3)cc(Cl)c1OC(F)F. The minimum absolute atomic E-state index is 0.0363. The molecule has 0 saturated heterocycles. The van der Waals surface area contributed by atoms with Crippen molar-refractivity contribution in [1.29, 1.82) is 0 Å². The number of alkyl halides is 2. The number of hydrogen-bond donors (Lipinski definition) is 0. The maximum atomic E-state index is 12.5. The molecule has 8 heteroatoms. The van der Waals surface area contributed by atoms with E-state index in [9.17, 15) is 13.6 Å². The predicted octanol–water partition coefficient (Wildman–Crippen LogP) is 4.62. The van der Waals surface area contributed by atoms with Crippen molar-refractivity contribution in [2.45, 2.75) is 6.61 Å². The summed E-state index contributed by atoms with van der Waals surface area (Å²) in [7, 11) is 1.30. The average molecular weight is 397 g/mol. The fraction of sp³-hybridized carbons (Fsp3) is 0.211. The van der Waals surface area contributed by atoms with Gasteiger partial charge >= 0.3 is 6.61 Å². The minimum Gasteiger partial charge on any atom is -0.493 e. The first-order valence-corrected chi connectivity index (χ1v) is 8.30. The number of rotatable bonds is 6. The van der Waals surface area contributed by atoms with Crippen LogP contribution in [-0.4, -0.2) is 32.7 Å². The van der Waals surface area contributed by atoms with Crippen molar-refractivity contribution in [3.8, 4) is 23.0 Å². The summed E-state index contributed by atoms with van der Waals surface area (Å²) in [6.07, 6.45) is 2.84. The molecule has 0 aromatic heterocycles. The minimum atomic E-state index is -3.03. The summed E-state index contributed by atoms with van der Waals surface area (Å²) in [4.78, 5) is 12.4. The predicted molar refractivity (Wildman–Crippen MR) is 95.4 cm³/mol. The molecule has 0 N–H and O–H groups in total. The molecule has 2 aromatic carbocycles. The van der Waals surface area contributed by atoms with E-state index in [0.717, 1.165) is 0 Å². The molecule has 2 aromatic rings. The number of carbonyl (C=O) groups excluding carboxylic acids is 1. The second-order valence-corrected chi connectivity index (χ2v) is 5.88. The normalized spacial score (nSPS) is 13.1. The van der Waals surface area contributed by atoms with Crippen LogP contribution in [-0.2, 0) is 0 Å². The van der Waals surface area contributed by atoms with Crippen molar-refractivity contribution in [2.24, 2.45) is 0 Å². The maximum Gasteiger partial charge on any atom is 0.387 e. The number of halogens is 3. The van der Waals surface area contributed by atoms with Gasteiger partial charge in [-0.3, -0.25) is 4.79 Å². The summed E-state index contributed by atoms with van der Waals surface area (Å²) in [6, 6.07) is 7.75. The van der Waals surface area contributed by atoms with Gasteiger partial charge < -0.3 is 18.9 Å². The first-order valence-electron chi connectivity index (χ1n) is 7.92. The number of hydrogen-bond acceptors (Lipinski definition) is 5. The highest BCUT2D eigenvalue weighted by molar-refractivity contribution is 6.32. The summed E-state index contributed by atoms with van der Waals surface area (Å²) in [5.74, 6) is 0.611. The van der Waals surface area contributed by atoms with Crippen LogP contribution in [0.25, 0.3) is 6.08 Å². The van der Waals surface area contributed by atoms with Crippen LogP contribution < -0.4 is 18.9 Å². The number of allylic oxidation sites excluding steroid dienone is 1. The van der Waals surface area contributed by atoms with Gasteiger partial charge in [0.1, 0.15) is 13.2 Å². The molecule has 0 spiro atoms. The molecule has 1 aliphatic heterocycles. The van der Waals surface area contributed by atoms with Crippen molar-refractivity contribution in [2.75, 3.05) is 20.3 Å². The molecule has 0 bridgehead atoms. The Morgan fingerprint density at radius 2 is 1.93 bits per heavy atom. The summed E-state index contributed by atoms with van der Waals surface area (Å²) in [6.45, 7) is -2.14. The molecular formula is C19H15ClF2O5. The van der Waals surface area contributed by atoms with E-state index in [4.69, 9.17) is 25.8 Å². The molecule has 0 aliphatic carbocycles. The van der Waals surface area contributed by atoms with Crippen LogP contribution in [0.1, 0.15) is 15.9 Å². The molecule has 3 rings (SSSR count). The second-order valence-electron chi connectivity index (χ2n) is 5.47. The molecule has 0 unspecified atom stereocenters. The monoisotopic (exact) mass is 396 g/mol. The molecule has 0 atom stereocenters. The highest BCUT2D eigenvalue weighted by Gasteiger charge is 2.16. The first kappa shape index (κ1) is 19.0. The molecular weight excluding hydrogens is 382 g/mol. The summed E-state index contributed by atoms with van der Waals surface area (Å²) < 4.78 is 45.2. The third kappa shape index (κ3) is 4.49. The number of methoxy groups -OCH3 is 1. The van der Waals surface area contributed by atoms with Crippen LogP contribution in [0.15, 0.2) is 36.4 Å². The van der Waals surface area contributed by atoms with Gasteiger partial charge in [-0.1, -0.05) is 17.7 Å². The van der Waals surface area contributed by atoms with E-state index in [1.807, 2.05) is 0 Å². The van der Waals surface area contributed by atoms with E-state index in [-0.39, 0.29) is 22.3 Å². The molecule has 0 saturated carbocycles. The Labute approximate surface area is 159 Å². The van der Waals surface area contributed by atoms with E-state index in [1.165, 1.54) is 31.4 Å². The molecule has 0 amide bonds. The van der Waals surface area contributed by atoms with Gasteiger partial charge in [0.25, 0.3) is 0 Å². The molecule has 142 valence electrons. The Bertz CT molecular complexity index is 883. The fourth-order valence-electron chi connectivity index (χ4n) is 2.50. The number of fused-ring (bicyclic) bond motifs is 1. The van der Waals surface area contributed by atoms with Gasteiger partial charge in [0.2, 0.25) is 0 Å². The van der Waals surface area contributed by atoms with E-state index < -0.39 is 6.61 Å². The van der Waals surface area contributed by atoms with Crippen molar-refractivity contribution >= 4 is 23.5 Å². The lowest BCUT2D eigenvalue weighted by Crippen LogP contribution is -2.15. The number of benzene rings is 2. The summed E-state index contributed by atoms with van der Waals surface area (Å²) in [5.41, 5.74) is 0.913. The number of ether oxygens (including phenoxy) is 4. The third-order valence-electron chi connectivity index (χ3n) is 3.71. The Hall–Kier alpha value is -2.80. The van der Waals surface area contributed by atoms with Gasteiger partial charge in [-0.25, -0.2) is 0 Å². The Kier molecular flexibility index (Phi) is 5.81. The molecule has 1 aliphatic rings. The Morgan fingerprint density at radius 3 is 2.63 bits per heavy atom. The fourth-order valence-corrected chi connectivity index (χ4v) is 2.77. The van der Waals surface area contributed by atoms with Crippen LogP contribution in [0, 0.1) is 0 Å². The molecule has 5 nitrogen and oxygen atoms in total. The largest absolute Gasteiger partial charge is 0.493 e. The molecule has 27 heavy (non-hydrogen) atoms. The number of ketones is 1. The zero-order chi connectivity index (χ0) is 19.4. The van der Waals surface area contributed by atoms with E-state index in [0.29, 0.717) is 35.8 Å². The van der Waals surface area contributed by atoms with Gasteiger partial charge in [-0.05, 0) is 42.0 Å². The maximum absolute atomic E-state index is 12.5. The van der Waals surface area contributed by atoms with Gasteiger partial charge in [0.15, 0.2) is 28.8 Å². The van der Waals surface area contributed by atoms with Gasteiger partial charge in [0.05, 0.1) is 12.1 Å². The second kappa shape index (κ2) is 8.26. The topological polar surface area (TPSA) is 54.0 Å².